The lowest BCUT2D eigenvalue weighted by Gasteiger charge is -2.18. The molecule has 1 atom stereocenters. The molecular weight excluding hydrogens is 324 g/mol. The Bertz CT molecular complexity index is 891. The molecule has 3 rings (SSSR count). The molecule has 1 unspecified atom stereocenters. The molecule has 1 aliphatic rings. The number of aromatic hydroxyl groups is 2. The number of benzene rings is 2. The molecule has 0 bridgehead atoms. The fourth-order valence-electron chi connectivity index (χ4n) is 3.48. The van der Waals surface area contributed by atoms with Crippen molar-refractivity contribution in [1.29, 1.82) is 0 Å². The van der Waals surface area contributed by atoms with Gasteiger partial charge < -0.3 is 15.3 Å². The average molecular weight is 350 g/mol. The second-order valence-electron chi connectivity index (χ2n) is 7.43. The third-order valence-corrected chi connectivity index (χ3v) is 4.93. The Hall–Kier alpha value is -2.68. The highest BCUT2D eigenvalue weighted by molar-refractivity contribution is 5.50. The van der Waals surface area contributed by atoms with Crippen LogP contribution in [-0.2, 0) is 12.8 Å². The number of hydrogen-bond donors (Lipinski definition) is 3. The van der Waals surface area contributed by atoms with E-state index in [0.29, 0.717) is 30.9 Å². The maximum Gasteiger partial charge on any atom is 0.122 e. The summed E-state index contributed by atoms with van der Waals surface area (Å²) in [6.45, 7) is 6.00. The van der Waals surface area contributed by atoms with Gasteiger partial charge in [0.25, 0.3) is 0 Å². The van der Waals surface area contributed by atoms with Gasteiger partial charge in [-0.25, -0.2) is 0 Å². The molecule has 136 valence electrons. The van der Waals surface area contributed by atoms with E-state index in [1.807, 2.05) is 44.2 Å². The van der Waals surface area contributed by atoms with Gasteiger partial charge in [-0.1, -0.05) is 48.9 Å². The number of phenols is 2. The summed E-state index contributed by atoms with van der Waals surface area (Å²) in [5.74, 6) is 1.23. The van der Waals surface area contributed by atoms with Crippen LogP contribution in [0.3, 0.4) is 0 Å². The Labute approximate surface area is 155 Å². The number of aliphatic hydroxyl groups is 1. The molecular formula is C23H26O3. The molecule has 3 N–H and O–H groups in total. The predicted octanol–water partition coefficient (Wildman–Crippen LogP) is 5.26. The van der Waals surface area contributed by atoms with Gasteiger partial charge in [-0.2, -0.15) is 0 Å². The lowest BCUT2D eigenvalue weighted by Crippen LogP contribution is -2.05. The third kappa shape index (κ3) is 3.93. The molecule has 26 heavy (non-hydrogen) atoms. The van der Waals surface area contributed by atoms with E-state index in [1.165, 1.54) is 0 Å². The van der Waals surface area contributed by atoms with E-state index in [4.69, 9.17) is 0 Å². The van der Waals surface area contributed by atoms with Crippen LogP contribution in [-0.4, -0.2) is 15.3 Å². The van der Waals surface area contributed by atoms with Gasteiger partial charge in [-0.15, -0.1) is 0 Å². The van der Waals surface area contributed by atoms with Crippen molar-refractivity contribution in [3.8, 4) is 11.5 Å². The standard InChI is InChI=1S/C23H26O3/c1-14-4-6-17(21(24)10-14)12-19-8-16(3)9-20(23(19)26)13-18-7-5-15(2)11-22(18)25/h4-10,15,24-26H,11-13H2,1-3H3. The summed E-state index contributed by atoms with van der Waals surface area (Å²) >= 11 is 0. The van der Waals surface area contributed by atoms with Crippen LogP contribution in [0.2, 0.25) is 0 Å². The zero-order valence-electron chi connectivity index (χ0n) is 15.6. The molecule has 0 spiro atoms. The van der Waals surface area contributed by atoms with Gasteiger partial charge in [0.1, 0.15) is 11.5 Å². The third-order valence-electron chi connectivity index (χ3n) is 4.93. The SMILES string of the molecule is Cc1ccc(Cc2cc(C)cc(CC3=C(O)CC(C)C=C3)c2O)c(O)c1. The smallest absolute Gasteiger partial charge is 0.122 e. The summed E-state index contributed by atoms with van der Waals surface area (Å²) in [5, 5.41) is 31.2. The summed E-state index contributed by atoms with van der Waals surface area (Å²) in [7, 11) is 0. The average Bonchev–Trinajstić information content (AvgIpc) is 2.56. The van der Waals surface area contributed by atoms with E-state index in [9.17, 15) is 15.3 Å². The van der Waals surface area contributed by atoms with Crippen LogP contribution in [0.1, 0.15) is 41.2 Å². The predicted molar refractivity (Wildman–Crippen MR) is 105 cm³/mol. The van der Waals surface area contributed by atoms with Crippen LogP contribution in [0.25, 0.3) is 0 Å². The Kier molecular flexibility index (Phi) is 5.08. The highest BCUT2D eigenvalue weighted by Crippen LogP contribution is 2.33. The van der Waals surface area contributed by atoms with Crippen LogP contribution in [0.4, 0.5) is 0 Å². The fourth-order valence-corrected chi connectivity index (χ4v) is 3.48. The van der Waals surface area contributed by atoms with Crippen LogP contribution >= 0.6 is 0 Å². The summed E-state index contributed by atoms with van der Waals surface area (Å²) in [6, 6.07) is 9.50. The quantitative estimate of drug-likeness (QED) is 0.705. The fraction of sp³-hybridized carbons (Fsp3) is 0.304. The number of aryl methyl sites for hydroxylation is 2. The lowest BCUT2D eigenvalue weighted by atomic mass is 9.90. The first-order valence-corrected chi connectivity index (χ1v) is 9.02. The molecule has 3 nitrogen and oxygen atoms in total. The molecule has 0 heterocycles. The Balaban J connectivity index is 1.91. The van der Waals surface area contributed by atoms with Crippen molar-refractivity contribution >= 4 is 0 Å². The van der Waals surface area contributed by atoms with E-state index in [0.717, 1.165) is 33.4 Å². The van der Waals surface area contributed by atoms with Crippen LogP contribution in [0.15, 0.2) is 53.8 Å². The topological polar surface area (TPSA) is 60.7 Å². The molecule has 2 aromatic rings. The number of phenolic OH excluding ortho intramolecular Hbond substituents is 2. The summed E-state index contributed by atoms with van der Waals surface area (Å²) in [5.41, 5.74) is 5.28. The monoisotopic (exact) mass is 350 g/mol. The van der Waals surface area contributed by atoms with Crippen molar-refractivity contribution in [1.82, 2.24) is 0 Å². The molecule has 0 amide bonds. The number of hydrogen-bond acceptors (Lipinski definition) is 3. The first kappa shape index (κ1) is 18.1. The molecule has 0 fully saturated rings. The molecule has 0 radical (unpaired) electrons. The minimum absolute atomic E-state index is 0.239. The zero-order valence-corrected chi connectivity index (χ0v) is 15.6. The van der Waals surface area contributed by atoms with E-state index in [-0.39, 0.29) is 11.5 Å². The number of aliphatic hydroxyl groups excluding tert-OH is 1. The van der Waals surface area contributed by atoms with Gasteiger partial charge in [0, 0.05) is 19.3 Å². The Morgan fingerprint density at radius 2 is 1.58 bits per heavy atom. The van der Waals surface area contributed by atoms with E-state index < -0.39 is 0 Å². The van der Waals surface area contributed by atoms with Crippen LogP contribution < -0.4 is 0 Å². The van der Waals surface area contributed by atoms with Crippen molar-refractivity contribution in [3.05, 3.63) is 81.6 Å². The minimum atomic E-state index is 0.239. The maximum atomic E-state index is 10.8. The van der Waals surface area contributed by atoms with Gasteiger partial charge in [0.2, 0.25) is 0 Å². The van der Waals surface area contributed by atoms with E-state index in [1.54, 1.807) is 6.07 Å². The lowest BCUT2D eigenvalue weighted by molar-refractivity contribution is 0.362. The summed E-state index contributed by atoms with van der Waals surface area (Å²) in [4.78, 5) is 0. The summed E-state index contributed by atoms with van der Waals surface area (Å²) < 4.78 is 0. The highest BCUT2D eigenvalue weighted by Gasteiger charge is 2.16. The maximum absolute atomic E-state index is 10.8. The molecule has 0 saturated carbocycles. The highest BCUT2D eigenvalue weighted by atomic mass is 16.3. The normalized spacial score (nSPS) is 17.0. The zero-order chi connectivity index (χ0) is 18.8. The first-order valence-electron chi connectivity index (χ1n) is 9.02. The van der Waals surface area contributed by atoms with Gasteiger partial charge in [0.15, 0.2) is 0 Å². The van der Waals surface area contributed by atoms with Gasteiger partial charge in [0.05, 0.1) is 5.76 Å². The van der Waals surface area contributed by atoms with Crippen LogP contribution in [0.5, 0.6) is 11.5 Å². The van der Waals surface area contributed by atoms with Crippen LogP contribution in [0, 0.1) is 19.8 Å². The second kappa shape index (κ2) is 7.28. The second-order valence-corrected chi connectivity index (χ2v) is 7.43. The molecule has 2 aromatic carbocycles. The number of rotatable bonds is 4. The van der Waals surface area contributed by atoms with Crippen molar-refractivity contribution in [2.45, 2.75) is 40.0 Å². The van der Waals surface area contributed by atoms with E-state index >= 15 is 0 Å². The largest absolute Gasteiger partial charge is 0.512 e. The first-order chi connectivity index (χ1) is 12.3. The molecule has 1 aliphatic carbocycles. The summed E-state index contributed by atoms with van der Waals surface area (Å²) in [6.07, 6.45) is 5.65. The van der Waals surface area contributed by atoms with Crippen molar-refractivity contribution in [2.75, 3.05) is 0 Å². The van der Waals surface area contributed by atoms with Gasteiger partial charge in [-0.3, -0.25) is 0 Å². The molecule has 3 heteroatoms. The van der Waals surface area contributed by atoms with Crippen molar-refractivity contribution < 1.29 is 15.3 Å². The van der Waals surface area contributed by atoms with Gasteiger partial charge >= 0.3 is 0 Å². The molecule has 0 aromatic heterocycles. The van der Waals surface area contributed by atoms with E-state index in [2.05, 4.69) is 13.0 Å². The number of allylic oxidation sites excluding steroid dienone is 4. The Morgan fingerprint density at radius 3 is 2.23 bits per heavy atom. The molecule has 0 saturated heterocycles. The minimum Gasteiger partial charge on any atom is -0.512 e. The molecule has 0 aliphatic heterocycles. The van der Waals surface area contributed by atoms with Crippen molar-refractivity contribution in [2.24, 2.45) is 5.92 Å². The van der Waals surface area contributed by atoms with Gasteiger partial charge in [-0.05, 0) is 53.7 Å². The Morgan fingerprint density at radius 1 is 0.885 bits per heavy atom. The van der Waals surface area contributed by atoms with Crippen molar-refractivity contribution in [3.63, 3.8) is 0 Å².